The Hall–Kier alpha value is -2.54. The molecule has 1 atom stereocenters. The number of benzene rings is 1. The first-order valence-electron chi connectivity index (χ1n) is 10.2. The third kappa shape index (κ3) is 3.13. The first-order valence-corrected chi connectivity index (χ1v) is 10.2. The zero-order valence-corrected chi connectivity index (χ0v) is 17.1. The maximum Gasteiger partial charge on any atom is 0.258 e. The van der Waals surface area contributed by atoms with Gasteiger partial charge in [0.25, 0.3) is 5.56 Å². The number of aryl methyl sites for hydroxylation is 1. The van der Waals surface area contributed by atoms with Crippen LogP contribution in [0.2, 0.25) is 0 Å². The van der Waals surface area contributed by atoms with Crippen LogP contribution in [0.4, 0.5) is 0 Å². The Labute approximate surface area is 164 Å². The van der Waals surface area contributed by atoms with Crippen molar-refractivity contribution in [1.82, 2.24) is 25.2 Å². The highest BCUT2D eigenvalue weighted by atomic mass is 16.1. The van der Waals surface area contributed by atoms with E-state index >= 15 is 0 Å². The smallest absolute Gasteiger partial charge is 0.258 e. The first-order chi connectivity index (χ1) is 13.4. The van der Waals surface area contributed by atoms with Gasteiger partial charge in [-0.15, -0.1) is 5.10 Å². The van der Waals surface area contributed by atoms with E-state index in [1.165, 1.54) is 4.90 Å². The van der Waals surface area contributed by atoms with Gasteiger partial charge in [0, 0.05) is 12.8 Å². The molecule has 1 aromatic carbocycles. The van der Waals surface area contributed by atoms with Crippen molar-refractivity contribution in [3.05, 3.63) is 51.6 Å². The van der Waals surface area contributed by atoms with Crippen LogP contribution in [0.15, 0.2) is 29.1 Å². The molecule has 3 aromatic rings. The van der Waals surface area contributed by atoms with Crippen LogP contribution >= 0.6 is 0 Å². The number of hydrogen-bond acceptors (Lipinski definition) is 4. The van der Waals surface area contributed by atoms with Gasteiger partial charge in [0.15, 0.2) is 6.04 Å². The molecule has 0 amide bonds. The van der Waals surface area contributed by atoms with Crippen LogP contribution in [-0.4, -0.2) is 38.3 Å². The van der Waals surface area contributed by atoms with Crippen LogP contribution in [0.5, 0.6) is 0 Å². The molecular formula is C21H29N6O+. The number of nitrogens with zero attached hydrogens (tertiary/aromatic N) is 4. The van der Waals surface area contributed by atoms with Crippen molar-refractivity contribution in [2.24, 2.45) is 0 Å². The average Bonchev–Trinajstić information content (AvgIpc) is 3.36. The van der Waals surface area contributed by atoms with Crippen LogP contribution in [0.25, 0.3) is 10.9 Å². The zero-order valence-electron chi connectivity index (χ0n) is 17.1. The van der Waals surface area contributed by atoms with Crippen LogP contribution in [-0.2, 0) is 5.54 Å². The van der Waals surface area contributed by atoms with Gasteiger partial charge in [-0.25, -0.2) is 4.68 Å². The van der Waals surface area contributed by atoms with E-state index < -0.39 is 0 Å². The number of H-pyrrole nitrogens is 1. The predicted molar refractivity (Wildman–Crippen MR) is 109 cm³/mol. The van der Waals surface area contributed by atoms with Gasteiger partial charge < -0.3 is 9.88 Å². The standard InChI is InChI=1S/C21H28N6O/c1-5-21(3,4)27-19(23-24-25-27)18(26-11-6-7-12-26)16-13-15-10-8-9-14(2)17(15)22-20(16)28/h8-10,13,18H,5-7,11-12H2,1-4H3,(H,22,28)/p+1/t18-/m1/s1. The SMILES string of the molecule is CCC(C)(C)n1nnnc1[C@@H](c1cc2cccc(C)c2[nH]c1=O)[NH+]1CCCC1. The van der Waals surface area contributed by atoms with E-state index in [4.69, 9.17) is 0 Å². The second-order valence-electron chi connectivity index (χ2n) is 8.51. The second kappa shape index (κ2) is 7.13. The molecule has 1 aliphatic heterocycles. The molecule has 0 aliphatic carbocycles. The number of aromatic nitrogens is 5. The average molecular weight is 382 g/mol. The number of rotatable bonds is 5. The molecule has 2 aromatic heterocycles. The van der Waals surface area contributed by atoms with E-state index in [1.807, 2.05) is 29.8 Å². The van der Waals surface area contributed by atoms with E-state index in [2.05, 4.69) is 47.3 Å². The second-order valence-corrected chi connectivity index (χ2v) is 8.51. The molecule has 0 unspecified atom stereocenters. The number of hydrogen-bond donors (Lipinski definition) is 2. The van der Waals surface area contributed by atoms with Crippen molar-refractivity contribution in [2.45, 2.75) is 58.5 Å². The summed E-state index contributed by atoms with van der Waals surface area (Å²) in [5.41, 5.74) is 2.47. The molecule has 1 fully saturated rings. The Kier molecular flexibility index (Phi) is 4.79. The Morgan fingerprint density at radius 1 is 1.29 bits per heavy atom. The molecule has 0 saturated carbocycles. The van der Waals surface area contributed by atoms with Gasteiger partial charge in [0.1, 0.15) is 0 Å². The summed E-state index contributed by atoms with van der Waals surface area (Å²) >= 11 is 0. The molecule has 7 nitrogen and oxygen atoms in total. The highest BCUT2D eigenvalue weighted by Crippen LogP contribution is 2.25. The van der Waals surface area contributed by atoms with E-state index in [1.54, 1.807) is 0 Å². The summed E-state index contributed by atoms with van der Waals surface area (Å²) in [4.78, 5) is 17.6. The molecule has 148 valence electrons. The monoisotopic (exact) mass is 381 g/mol. The quantitative estimate of drug-likeness (QED) is 0.705. The molecule has 1 aliphatic rings. The summed E-state index contributed by atoms with van der Waals surface area (Å²) < 4.78 is 1.92. The number of likely N-dealkylation sites (tertiary alicyclic amines) is 1. The molecule has 28 heavy (non-hydrogen) atoms. The van der Waals surface area contributed by atoms with Gasteiger partial charge in [-0.3, -0.25) is 4.79 Å². The Balaban J connectivity index is 1.92. The molecule has 2 N–H and O–H groups in total. The summed E-state index contributed by atoms with van der Waals surface area (Å²) in [6.45, 7) is 10.5. The predicted octanol–water partition coefficient (Wildman–Crippen LogP) is 1.74. The molecule has 7 heteroatoms. The highest BCUT2D eigenvalue weighted by molar-refractivity contribution is 5.82. The van der Waals surface area contributed by atoms with E-state index in [0.717, 1.165) is 60.2 Å². The normalized spacial score (nSPS) is 16.7. The van der Waals surface area contributed by atoms with Crippen molar-refractivity contribution in [1.29, 1.82) is 0 Å². The van der Waals surface area contributed by atoms with E-state index in [0.29, 0.717) is 0 Å². The molecule has 3 heterocycles. The summed E-state index contributed by atoms with van der Waals surface area (Å²) in [6.07, 6.45) is 3.23. The third-order valence-corrected chi connectivity index (χ3v) is 6.27. The summed E-state index contributed by atoms with van der Waals surface area (Å²) in [5, 5.41) is 13.8. The van der Waals surface area contributed by atoms with Gasteiger partial charge in [0.05, 0.1) is 29.7 Å². The number of para-hydroxylation sites is 1. The summed E-state index contributed by atoms with van der Waals surface area (Å²) in [5.74, 6) is 0.779. The first kappa shape index (κ1) is 18.8. The molecular weight excluding hydrogens is 352 g/mol. The fourth-order valence-corrected chi connectivity index (χ4v) is 4.23. The molecule has 0 radical (unpaired) electrons. The lowest BCUT2D eigenvalue weighted by atomic mass is 9.99. The van der Waals surface area contributed by atoms with Gasteiger partial charge in [-0.2, -0.15) is 0 Å². The number of tetrazole rings is 1. The molecule has 4 rings (SSSR count). The number of aromatic amines is 1. The fourth-order valence-electron chi connectivity index (χ4n) is 4.23. The van der Waals surface area contributed by atoms with Crippen LogP contribution in [0, 0.1) is 6.92 Å². The van der Waals surface area contributed by atoms with Crippen LogP contribution in [0.1, 0.15) is 63.0 Å². The molecule has 0 bridgehead atoms. The number of pyridine rings is 1. The van der Waals surface area contributed by atoms with Gasteiger partial charge in [0.2, 0.25) is 5.82 Å². The van der Waals surface area contributed by atoms with Crippen molar-refractivity contribution >= 4 is 10.9 Å². The highest BCUT2D eigenvalue weighted by Gasteiger charge is 2.38. The van der Waals surface area contributed by atoms with Crippen molar-refractivity contribution in [3.63, 3.8) is 0 Å². The number of quaternary nitrogens is 1. The van der Waals surface area contributed by atoms with Crippen molar-refractivity contribution in [2.75, 3.05) is 13.1 Å². The topological polar surface area (TPSA) is 80.9 Å². The minimum Gasteiger partial charge on any atom is -0.322 e. The Morgan fingerprint density at radius 3 is 2.75 bits per heavy atom. The van der Waals surface area contributed by atoms with Crippen molar-refractivity contribution < 1.29 is 4.90 Å². The largest absolute Gasteiger partial charge is 0.322 e. The van der Waals surface area contributed by atoms with Crippen molar-refractivity contribution in [3.8, 4) is 0 Å². The fraction of sp³-hybridized carbons (Fsp3) is 0.524. The number of fused-ring (bicyclic) bond motifs is 1. The minimum atomic E-state index is -0.212. The maximum atomic E-state index is 13.2. The maximum absolute atomic E-state index is 13.2. The lowest BCUT2D eigenvalue weighted by Gasteiger charge is -2.29. The lowest BCUT2D eigenvalue weighted by molar-refractivity contribution is -0.914. The molecule has 0 spiro atoms. The van der Waals surface area contributed by atoms with Gasteiger partial charge in [-0.05, 0) is 54.6 Å². The lowest BCUT2D eigenvalue weighted by Crippen LogP contribution is -3.10. The van der Waals surface area contributed by atoms with Gasteiger partial charge in [-0.1, -0.05) is 25.1 Å². The molecule has 1 saturated heterocycles. The van der Waals surface area contributed by atoms with E-state index in [9.17, 15) is 4.79 Å². The third-order valence-electron chi connectivity index (χ3n) is 6.27. The van der Waals surface area contributed by atoms with Gasteiger partial charge >= 0.3 is 0 Å². The number of nitrogens with one attached hydrogen (secondary N) is 2. The Bertz CT molecular complexity index is 1040. The summed E-state index contributed by atoms with van der Waals surface area (Å²) in [7, 11) is 0. The minimum absolute atomic E-state index is 0.0462. The van der Waals surface area contributed by atoms with Crippen LogP contribution in [0.3, 0.4) is 0 Å². The van der Waals surface area contributed by atoms with Crippen LogP contribution < -0.4 is 10.5 Å². The summed E-state index contributed by atoms with van der Waals surface area (Å²) in [6, 6.07) is 7.97. The van der Waals surface area contributed by atoms with E-state index in [-0.39, 0.29) is 17.1 Å². The zero-order chi connectivity index (χ0) is 19.9. The Morgan fingerprint density at radius 2 is 2.04 bits per heavy atom.